The molecule has 0 aliphatic carbocycles. The lowest BCUT2D eigenvalue weighted by atomic mass is 10.2. The molecule has 0 amide bonds. The predicted molar refractivity (Wildman–Crippen MR) is 60.9 cm³/mol. The van der Waals surface area contributed by atoms with Crippen molar-refractivity contribution in [2.45, 2.75) is 6.42 Å². The van der Waals surface area contributed by atoms with E-state index in [0.717, 1.165) is 6.42 Å². The third-order valence-corrected chi connectivity index (χ3v) is 2.24. The van der Waals surface area contributed by atoms with Crippen molar-refractivity contribution < 1.29 is 19.0 Å². The third-order valence-electron chi connectivity index (χ3n) is 2.24. The Morgan fingerprint density at radius 1 is 1.29 bits per heavy atom. The summed E-state index contributed by atoms with van der Waals surface area (Å²) >= 11 is 0. The minimum Gasteiger partial charge on any atom is -0.490 e. The molecule has 1 aliphatic heterocycles. The Morgan fingerprint density at radius 3 is 2.82 bits per heavy atom. The Bertz CT molecular complexity index is 482. The van der Waals surface area contributed by atoms with Crippen LogP contribution < -0.4 is 9.47 Å². The van der Waals surface area contributed by atoms with Crippen molar-refractivity contribution in [2.24, 2.45) is 0 Å². The number of esters is 1. The number of rotatable bonds is 0. The van der Waals surface area contributed by atoms with Crippen molar-refractivity contribution in [2.75, 3.05) is 20.3 Å². The summed E-state index contributed by atoms with van der Waals surface area (Å²) in [6, 6.07) is 5.34. The van der Waals surface area contributed by atoms with Crippen LogP contribution in [0, 0.1) is 11.8 Å². The zero-order chi connectivity index (χ0) is 12.1. The largest absolute Gasteiger partial charge is 0.490 e. The molecule has 0 saturated heterocycles. The maximum absolute atomic E-state index is 10.9. The first-order valence-corrected chi connectivity index (χ1v) is 5.29. The summed E-state index contributed by atoms with van der Waals surface area (Å²) < 4.78 is 15.4. The third kappa shape index (κ3) is 2.91. The van der Waals surface area contributed by atoms with Gasteiger partial charge >= 0.3 is 5.97 Å². The Hall–Kier alpha value is -2.15. The van der Waals surface area contributed by atoms with E-state index in [4.69, 9.17) is 9.47 Å². The van der Waals surface area contributed by atoms with E-state index in [-0.39, 0.29) is 0 Å². The molecule has 1 heterocycles. The summed E-state index contributed by atoms with van der Waals surface area (Å²) in [7, 11) is 1.30. The molecule has 1 aromatic rings. The second-order valence-electron chi connectivity index (χ2n) is 3.45. The molecule has 4 nitrogen and oxygen atoms in total. The predicted octanol–water partition coefficient (Wildman–Crippen LogP) is 1.37. The van der Waals surface area contributed by atoms with Gasteiger partial charge in [0.1, 0.15) is 0 Å². The maximum Gasteiger partial charge on any atom is 0.384 e. The Kier molecular flexibility index (Phi) is 3.51. The first kappa shape index (κ1) is 11.3. The number of hydrogen-bond acceptors (Lipinski definition) is 4. The van der Waals surface area contributed by atoms with Crippen molar-refractivity contribution >= 4 is 5.97 Å². The van der Waals surface area contributed by atoms with Crippen molar-refractivity contribution in [3.8, 4) is 23.3 Å². The van der Waals surface area contributed by atoms with Crippen LogP contribution in [0.1, 0.15) is 12.0 Å². The molecule has 0 bridgehead atoms. The molecule has 2 rings (SSSR count). The highest BCUT2D eigenvalue weighted by Gasteiger charge is 2.09. The fourth-order valence-electron chi connectivity index (χ4n) is 1.42. The molecule has 4 heteroatoms. The molecular formula is C13H12O4. The van der Waals surface area contributed by atoms with Gasteiger partial charge in [0.05, 0.1) is 20.3 Å². The van der Waals surface area contributed by atoms with Crippen LogP contribution in [0.4, 0.5) is 0 Å². The van der Waals surface area contributed by atoms with Gasteiger partial charge in [-0.3, -0.25) is 0 Å². The average molecular weight is 232 g/mol. The number of carbonyl (C=O) groups excluding carboxylic acids is 1. The molecule has 0 atom stereocenters. The molecule has 0 fully saturated rings. The van der Waals surface area contributed by atoms with Gasteiger partial charge in [-0.2, -0.15) is 0 Å². The van der Waals surface area contributed by atoms with Crippen LogP contribution in [0.15, 0.2) is 18.2 Å². The molecule has 0 aromatic heterocycles. The number of hydrogen-bond donors (Lipinski definition) is 0. The minimum atomic E-state index is -0.558. The van der Waals surface area contributed by atoms with E-state index in [1.807, 2.05) is 0 Å². The molecule has 0 spiro atoms. The standard InChI is InChI=1S/C13H12O4/c1-15-13(14)6-4-10-3-5-11-12(9-10)17-8-2-7-16-11/h3,5,9H,2,7-8H2,1H3. The van der Waals surface area contributed by atoms with Crippen molar-refractivity contribution in [1.29, 1.82) is 0 Å². The van der Waals surface area contributed by atoms with Crippen LogP contribution in [0.3, 0.4) is 0 Å². The molecule has 17 heavy (non-hydrogen) atoms. The highest BCUT2D eigenvalue weighted by molar-refractivity contribution is 5.89. The van der Waals surface area contributed by atoms with Crippen LogP contribution in [0.5, 0.6) is 11.5 Å². The van der Waals surface area contributed by atoms with Crippen molar-refractivity contribution in [3.63, 3.8) is 0 Å². The second-order valence-corrected chi connectivity index (χ2v) is 3.45. The smallest absolute Gasteiger partial charge is 0.384 e. The topological polar surface area (TPSA) is 44.8 Å². The van der Waals surface area contributed by atoms with Crippen molar-refractivity contribution in [3.05, 3.63) is 23.8 Å². The van der Waals surface area contributed by atoms with Crippen molar-refractivity contribution in [1.82, 2.24) is 0 Å². The fraction of sp³-hybridized carbons (Fsp3) is 0.308. The lowest BCUT2D eigenvalue weighted by Gasteiger charge is -2.06. The highest BCUT2D eigenvalue weighted by atomic mass is 16.5. The zero-order valence-corrected chi connectivity index (χ0v) is 9.49. The summed E-state index contributed by atoms with van der Waals surface area (Å²) in [5, 5.41) is 0. The number of carbonyl (C=O) groups is 1. The zero-order valence-electron chi connectivity index (χ0n) is 9.49. The molecule has 0 saturated carbocycles. The lowest BCUT2D eigenvalue weighted by Crippen LogP contribution is -1.97. The van der Waals surface area contributed by atoms with E-state index in [9.17, 15) is 4.79 Å². The molecule has 88 valence electrons. The Labute approximate surface area is 99.5 Å². The number of methoxy groups -OCH3 is 1. The van der Waals surface area contributed by atoms with E-state index in [0.29, 0.717) is 30.3 Å². The lowest BCUT2D eigenvalue weighted by molar-refractivity contribution is -0.133. The van der Waals surface area contributed by atoms with Crippen LogP contribution in [0.25, 0.3) is 0 Å². The second kappa shape index (κ2) is 5.26. The fourth-order valence-corrected chi connectivity index (χ4v) is 1.42. The van der Waals surface area contributed by atoms with E-state index >= 15 is 0 Å². The van der Waals surface area contributed by atoms with Gasteiger partial charge in [0.25, 0.3) is 0 Å². The van der Waals surface area contributed by atoms with Crippen LogP contribution >= 0.6 is 0 Å². The normalized spacial score (nSPS) is 13.0. The first-order chi connectivity index (χ1) is 8.29. The van der Waals surface area contributed by atoms with Crippen LogP contribution in [-0.4, -0.2) is 26.3 Å². The number of benzene rings is 1. The monoisotopic (exact) mass is 232 g/mol. The van der Waals surface area contributed by atoms with Gasteiger partial charge in [-0.15, -0.1) is 0 Å². The van der Waals surface area contributed by atoms with Gasteiger partial charge in [-0.05, 0) is 18.2 Å². The Morgan fingerprint density at radius 2 is 2.06 bits per heavy atom. The van der Waals surface area contributed by atoms with Gasteiger partial charge < -0.3 is 14.2 Å². The molecule has 0 unspecified atom stereocenters. The van der Waals surface area contributed by atoms with E-state index in [1.54, 1.807) is 18.2 Å². The van der Waals surface area contributed by atoms with E-state index in [1.165, 1.54) is 7.11 Å². The van der Waals surface area contributed by atoms with Gasteiger partial charge in [0, 0.05) is 17.9 Å². The Balaban J connectivity index is 2.22. The van der Waals surface area contributed by atoms with Gasteiger partial charge in [0.2, 0.25) is 0 Å². The summed E-state index contributed by atoms with van der Waals surface area (Å²) in [6.07, 6.45) is 0.859. The van der Waals surface area contributed by atoms with Crippen LogP contribution in [-0.2, 0) is 9.53 Å². The van der Waals surface area contributed by atoms with Gasteiger partial charge in [-0.25, -0.2) is 4.79 Å². The van der Waals surface area contributed by atoms with Gasteiger partial charge in [-0.1, -0.05) is 5.92 Å². The summed E-state index contributed by atoms with van der Waals surface area (Å²) in [4.78, 5) is 10.9. The highest BCUT2D eigenvalue weighted by Crippen LogP contribution is 2.29. The summed E-state index contributed by atoms with van der Waals surface area (Å²) in [5.41, 5.74) is 0.694. The van der Waals surface area contributed by atoms with E-state index in [2.05, 4.69) is 16.6 Å². The molecule has 1 aromatic carbocycles. The molecule has 0 N–H and O–H groups in total. The molecule has 1 aliphatic rings. The number of fused-ring (bicyclic) bond motifs is 1. The van der Waals surface area contributed by atoms with E-state index < -0.39 is 5.97 Å². The maximum atomic E-state index is 10.9. The summed E-state index contributed by atoms with van der Waals surface area (Å²) in [6.45, 7) is 1.28. The molecule has 0 radical (unpaired) electrons. The molecular weight excluding hydrogens is 220 g/mol. The minimum absolute atomic E-state index is 0.558. The van der Waals surface area contributed by atoms with Gasteiger partial charge in [0.15, 0.2) is 11.5 Å². The number of ether oxygens (including phenoxy) is 3. The van der Waals surface area contributed by atoms with Crippen LogP contribution in [0.2, 0.25) is 0 Å². The average Bonchev–Trinajstić information content (AvgIpc) is 2.60. The summed E-state index contributed by atoms with van der Waals surface area (Å²) in [5.74, 6) is 5.89. The quantitative estimate of drug-likeness (QED) is 0.500. The first-order valence-electron chi connectivity index (χ1n) is 5.29. The SMILES string of the molecule is COC(=O)C#Cc1ccc2c(c1)OCCCO2.